The Hall–Kier alpha value is -2.68. The summed E-state index contributed by atoms with van der Waals surface area (Å²) in [6, 6.07) is 31.7. The molecular weight excluding hydrogens is 352 g/mol. The summed E-state index contributed by atoms with van der Waals surface area (Å²) in [4.78, 5) is 5.23. The van der Waals surface area contributed by atoms with Gasteiger partial charge < -0.3 is 0 Å². The summed E-state index contributed by atoms with van der Waals surface area (Å²) in [6.07, 6.45) is 0. The Kier molecular flexibility index (Phi) is 4.83. The van der Waals surface area contributed by atoms with Gasteiger partial charge in [0.25, 0.3) is 0 Å². The van der Waals surface area contributed by atoms with E-state index in [-0.39, 0.29) is 0 Å². The Morgan fingerprint density at radius 1 is 0.552 bits per heavy atom. The zero-order valence-corrected chi connectivity index (χ0v) is 17.3. The van der Waals surface area contributed by atoms with Crippen LogP contribution in [-0.2, 0) is 0 Å². The van der Waals surface area contributed by atoms with Gasteiger partial charge in [0.2, 0.25) is 0 Å². The van der Waals surface area contributed by atoms with Gasteiger partial charge in [0.15, 0.2) is 0 Å². The zero-order chi connectivity index (χ0) is 19.8. The lowest BCUT2D eigenvalue weighted by molar-refractivity contribution is 0.175. The van der Waals surface area contributed by atoms with Crippen molar-refractivity contribution in [3.05, 3.63) is 96.1 Å². The topological polar surface area (TPSA) is 6.48 Å². The molecule has 0 bridgehead atoms. The van der Waals surface area contributed by atoms with Crippen LogP contribution in [0.5, 0.6) is 0 Å². The highest BCUT2D eigenvalue weighted by atomic mass is 15.4. The molecule has 146 valence electrons. The second-order valence-electron chi connectivity index (χ2n) is 8.25. The Morgan fingerprint density at radius 3 is 1.45 bits per heavy atom. The number of benzene rings is 4. The fraction of sp³-hybridized carbons (Fsp3) is 0.259. The van der Waals surface area contributed by atoms with Crippen LogP contribution >= 0.6 is 0 Å². The summed E-state index contributed by atoms with van der Waals surface area (Å²) in [7, 11) is 0. The fourth-order valence-corrected chi connectivity index (χ4v) is 4.89. The molecule has 4 aromatic rings. The van der Waals surface area contributed by atoms with Crippen molar-refractivity contribution in [2.45, 2.75) is 25.9 Å². The molecule has 29 heavy (non-hydrogen) atoms. The van der Waals surface area contributed by atoms with Crippen molar-refractivity contribution >= 4 is 21.5 Å². The SMILES string of the molecule is C[C@H](c1cccc2ccccc12)N1CCN([C@H](C)c2cccc3ccccc23)C1. The third-order valence-corrected chi connectivity index (χ3v) is 6.68. The van der Waals surface area contributed by atoms with Crippen LogP contribution in [0.2, 0.25) is 0 Å². The van der Waals surface area contributed by atoms with Gasteiger partial charge in [-0.15, -0.1) is 0 Å². The average Bonchev–Trinajstić information content (AvgIpc) is 3.28. The van der Waals surface area contributed by atoms with Crippen molar-refractivity contribution in [3.8, 4) is 0 Å². The molecule has 0 N–H and O–H groups in total. The normalized spacial score (nSPS) is 17.7. The molecule has 2 nitrogen and oxygen atoms in total. The minimum Gasteiger partial charge on any atom is -0.282 e. The maximum absolute atomic E-state index is 2.61. The van der Waals surface area contributed by atoms with E-state index in [0.717, 1.165) is 19.8 Å². The Morgan fingerprint density at radius 2 is 0.966 bits per heavy atom. The van der Waals surface area contributed by atoms with Crippen LogP contribution in [0.25, 0.3) is 21.5 Å². The van der Waals surface area contributed by atoms with Crippen molar-refractivity contribution in [1.29, 1.82) is 0 Å². The van der Waals surface area contributed by atoms with Crippen molar-refractivity contribution < 1.29 is 0 Å². The predicted octanol–water partition coefficient (Wildman–Crippen LogP) is 6.39. The molecular formula is C27H28N2. The largest absolute Gasteiger partial charge is 0.282 e. The second-order valence-corrected chi connectivity index (χ2v) is 8.25. The van der Waals surface area contributed by atoms with E-state index >= 15 is 0 Å². The summed E-state index contributed by atoms with van der Waals surface area (Å²) < 4.78 is 0. The molecule has 1 aliphatic rings. The molecule has 0 spiro atoms. The first-order valence-electron chi connectivity index (χ1n) is 10.7. The second kappa shape index (κ2) is 7.62. The maximum Gasteiger partial charge on any atom is 0.0518 e. The van der Waals surface area contributed by atoms with Crippen molar-refractivity contribution in [2.24, 2.45) is 0 Å². The number of fused-ring (bicyclic) bond motifs is 2. The quantitative estimate of drug-likeness (QED) is 0.405. The first-order valence-corrected chi connectivity index (χ1v) is 10.7. The van der Waals surface area contributed by atoms with Crippen LogP contribution in [0.1, 0.15) is 37.1 Å². The van der Waals surface area contributed by atoms with Crippen molar-refractivity contribution in [3.63, 3.8) is 0 Å². The van der Waals surface area contributed by atoms with Gasteiger partial charge in [-0.05, 0) is 46.5 Å². The van der Waals surface area contributed by atoms with Crippen LogP contribution in [-0.4, -0.2) is 29.6 Å². The molecule has 5 rings (SSSR count). The van der Waals surface area contributed by atoms with E-state index in [1.165, 1.54) is 32.7 Å². The van der Waals surface area contributed by atoms with Crippen LogP contribution < -0.4 is 0 Å². The smallest absolute Gasteiger partial charge is 0.0518 e. The summed E-state index contributed by atoms with van der Waals surface area (Å²) in [5.41, 5.74) is 2.87. The molecule has 1 heterocycles. The van der Waals surface area contributed by atoms with Gasteiger partial charge in [0.05, 0.1) is 6.67 Å². The molecule has 0 amide bonds. The van der Waals surface area contributed by atoms with Gasteiger partial charge in [-0.2, -0.15) is 0 Å². The molecule has 1 aliphatic heterocycles. The number of nitrogens with zero attached hydrogens (tertiary/aromatic N) is 2. The van der Waals surface area contributed by atoms with Crippen molar-refractivity contribution in [2.75, 3.05) is 19.8 Å². The maximum atomic E-state index is 2.61. The van der Waals surface area contributed by atoms with Gasteiger partial charge >= 0.3 is 0 Å². The van der Waals surface area contributed by atoms with Crippen molar-refractivity contribution in [1.82, 2.24) is 9.80 Å². The highest BCUT2D eigenvalue weighted by Crippen LogP contribution is 2.33. The van der Waals surface area contributed by atoms with Crippen LogP contribution in [0.3, 0.4) is 0 Å². The summed E-state index contributed by atoms with van der Waals surface area (Å²) in [6.45, 7) is 7.94. The van der Waals surface area contributed by atoms with E-state index in [0.29, 0.717) is 12.1 Å². The van der Waals surface area contributed by atoms with E-state index in [1.807, 2.05) is 0 Å². The fourth-order valence-electron chi connectivity index (χ4n) is 4.89. The van der Waals surface area contributed by atoms with E-state index in [1.54, 1.807) is 0 Å². The first-order chi connectivity index (χ1) is 14.2. The number of rotatable bonds is 4. The van der Waals surface area contributed by atoms with Gasteiger partial charge in [-0.1, -0.05) is 84.9 Å². The predicted molar refractivity (Wildman–Crippen MR) is 123 cm³/mol. The van der Waals surface area contributed by atoms with Crippen LogP contribution in [0, 0.1) is 0 Å². The average molecular weight is 381 g/mol. The molecule has 1 saturated heterocycles. The van der Waals surface area contributed by atoms with Gasteiger partial charge in [0, 0.05) is 25.2 Å². The summed E-state index contributed by atoms with van der Waals surface area (Å²) >= 11 is 0. The summed E-state index contributed by atoms with van der Waals surface area (Å²) in [5, 5.41) is 5.42. The van der Waals surface area contributed by atoms with Crippen LogP contribution in [0.4, 0.5) is 0 Å². The Bertz CT molecular complexity index is 1050. The van der Waals surface area contributed by atoms with E-state index in [2.05, 4.69) is 109 Å². The van der Waals surface area contributed by atoms with Gasteiger partial charge in [0.1, 0.15) is 0 Å². The Labute approximate surface area is 173 Å². The highest BCUT2D eigenvalue weighted by Gasteiger charge is 2.29. The van der Waals surface area contributed by atoms with Crippen LogP contribution in [0.15, 0.2) is 84.9 Å². The molecule has 0 unspecified atom stereocenters. The molecule has 4 aromatic carbocycles. The molecule has 0 radical (unpaired) electrons. The molecule has 0 aliphatic carbocycles. The lowest BCUT2D eigenvalue weighted by Gasteiger charge is -2.29. The molecule has 2 heteroatoms. The third-order valence-electron chi connectivity index (χ3n) is 6.68. The van der Waals surface area contributed by atoms with E-state index in [4.69, 9.17) is 0 Å². The minimum absolute atomic E-state index is 0.408. The third kappa shape index (κ3) is 3.33. The molecule has 1 fully saturated rings. The molecule has 2 atom stereocenters. The first kappa shape index (κ1) is 18.4. The molecule has 0 aromatic heterocycles. The molecule has 0 saturated carbocycles. The number of hydrogen-bond acceptors (Lipinski definition) is 2. The lowest BCUT2D eigenvalue weighted by Crippen LogP contribution is -2.29. The van der Waals surface area contributed by atoms with E-state index in [9.17, 15) is 0 Å². The number of hydrogen-bond donors (Lipinski definition) is 0. The standard InChI is InChI=1S/C27H28N2/c1-20(24-15-7-11-22-9-3-5-13-26(22)24)28-17-18-29(19-28)21(2)25-16-8-12-23-10-4-6-14-27(23)25/h3-16,20-21H,17-19H2,1-2H3/t20-,21-/m1/s1. The summed E-state index contributed by atoms with van der Waals surface area (Å²) in [5.74, 6) is 0. The van der Waals surface area contributed by atoms with E-state index < -0.39 is 0 Å². The lowest BCUT2D eigenvalue weighted by atomic mass is 9.99. The highest BCUT2D eigenvalue weighted by molar-refractivity contribution is 5.86. The minimum atomic E-state index is 0.408. The Balaban J connectivity index is 1.39. The van der Waals surface area contributed by atoms with Gasteiger partial charge in [-0.3, -0.25) is 9.80 Å². The monoisotopic (exact) mass is 380 g/mol. The zero-order valence-electron chi connectivity index (χ0n) is 17.3. The van der Waals surface area contributed by atoms with Gasteiger partial charge in [-0.25, -0.2) is 0 Å².